The lowest BCUT2D eigenvalue weighted by molar-refractivity contribution is -0.124. The third kappa shape index (κ3) is 6.87. The molecular weight excluding hydrogens is 595 g/mol. The second-order valence-corrected chi connectivity index (χ2v) is 13.1. The Hall–Kier alpha value is -0.970. The Morgan fingerprint density at radius 1 is 1.06 bits per heavy atom. The second kappa shape index (κ2) is 11.6. The van der Waals surface area contributed by atoms with Gasteiger partial charge in [0, 0.05) is 46.9 Å². The maximum absolute atomic E-state index is 12.7. The number of likely N-dealkylation sites (tertiary alicyclic amines) is 1. The van der Waals surface area contributed by atoms with Gasteiger partial charge in [-0.25, -0.2) is 13.1 Å². The molecule has 1 saturated heterocycles. The minimum Gasteiger partial charge on any atom is -0.490 e. The molecule has 0 aromatic heterocycles. The number of amides is 1. The Morgan fingerprint density at radius 3 is 2.37 bits per heavy atom. The van der Waals surface area contributed by atoms with Crippen molar-refractivity contribution in [2.45, 2.75) is 57.1 Å². The SMILES string of the molecule is O=C(NS(=O)(=O)C1=CC=C(Br)CC1=S)[C@H]1CC[C@H](N2CCC(Oc3ccc(Cl)c(Cl)c3)CC2)CC1. The number of thiocarbonyl (C=S) groups is 1. The van der Waals surface area contributed by atoms with Crippen LogP contribution in [0.1, 0.15) is 44.9 Å². The molecule has 11 heteroatoms. The fourth-order valence-corrected chi connectivity index (χ4v) is 7.47. The van der Waals surface area contributed by atoms with Gasteiger partial charge in [0.25, 0.3) is 10.0 Å². The average molecular weight is 622 g/mol. The summed E-state index contributed by atoms with van der Waals surface area (Å²) in [5.41, 5.74) is 0. The predicted octanol–water partition coefficient (Wildman–Crippen LogP) is 5.78. The first kappa shape index (κ1) is 27.1. The number of hydrogen-bond acceptors (Lipinski definition) is 6. The van der Waals surface area contributed by atoms with E-state index in [1.54, 1.807) is 18.2 Å². The third-order valence-electron chi connectivity index (χ3n) is 6.80. The van der Waals surface area contributed by atoms with Crippen LogP contribution in [0.2, 0.25) is 10.0 Å². The van der Waals surface area contributed by atoms with Crippen LogP contribution in [0, 0.1) is 5.92 Å². The van der Waals surface area contributed by atoms with Gasteiger partial charge in [-0.05, 0) is 56.7 Å². The molecule has 1 N–H and O–H groups in total. The molecule has 1 saturated carbocycles. The van der Waals surface area contributed by atoms with Gasteiger partial charge < -0.3 is 9.64 Å². The number of nitrogens with zero attached hydrogens (tertiary/aromatic N) is 1. The van der Waals surface area contributed by atoms with Crippen molar-refractivity contribution in [3.63, 3.8) is 0 Å². The lowest BCUT2D eigenvalue weighted by Gasteiger charge is -2.40. The summed E-state index contributed by atoms with van der Waals surface area (Å²) in [5.74, 6) is -0.0150. The summed E-state index contributed by atoms with van der Waals surface area (Å²) in [6.07, 6.45) is 8.47. The van der Waals surface area contributed by atoms with Crippen molar-refractivity contribution in [2.24, 2.45) is 5.92 Å². The van der Waals surface area contributed by atoms with E-state index in [2.05, 4.69) is 25.6 Å². The van der Waals surface area contributed by atoms with E-state index in [4.69, 9.17) is 40.2 Å². The number of hydrogen-bond donors (Lipinski definition) is 1. The normalized spacial score (nSPS) is 24.5. The molecule has 0 spiro atoms. The van der Waals surface area contributed by atoms with Gasteiger partial charge in [0.1, 0.15) is 16.8 Å². The van der Waals surface area contributed by atoms with Crippen LogP contribution >= 0.6 is 51.3 Å². The van der Waals surface area contributed by atoms with Crippen molar-refractivity contribution in [3.8, 4) is 5.75 Å². The van der Waals surface area contributed by atoms with Gasteiger partial charge in [-0.3, -0.25) is 4.79 Å². The monoisotopic (exact) mass is 620 g/mol. The number of sulfonamides is 1. The quantitative estimate of drug-likeness (QED) is 0.406. The molecule has 1 aromatic carbocycles. The number of rotatable bonds is 6. The number of carbonyl (C=O) groups excluding carboxylic acids is 1. The fourth-order valence-electron chi connectivity index (χ4n) is 4.87. The highest BCUT2D eigenvalue weighted by molar-refractivity contribution is 9.11. The summed E-state index contributed by atoms with van der Waals surface area (Å²) >= 11 is 20.6. The molecule has 0 radical (unpaired) electrons. The van der Waals surface area contributed by atoms with Crippen molar-refractivity contribution in [1.82, 2.24) is 9.62 Å². The molecule has 0 bridgehead atoms. The van der Waals surface area contributed by atoms with E-state index in [0.717, 1.165) is 49.0 Å². The summed E-state index contributed by atoms with van der Waals surface area (Å²) < 4.78 is 34.6. The van der Waals surface area contributed by atoms with E-state index in [1.807, 2.05) is 6.07 Å². The number of halogens is 3. The molecule has 0 atom stereocenters. The zero-order valence-electron chi connectivity index (χ0n) is 19.0. The average Bonchev–Trinajstić information content (AvgIpc) is 2.81. The van der Waals surface area contributed by atoms with Crippen molar-refractivity contribution >= 4 is 72.1 Å². The number of benzene rings is 1. The number of nitrogens with one attached hydrogen (secondary N) is 1. The largest absolute Gasteiger partial charge is 0.490 e. The van der Waals surface area contributed by atoms with Gasteiger partial charge in [-0.15, -0.1) is 0 Å². The van der Waals surface area contributed by atoms with Crippen LogP contribution in [0.4, 0.5) is 0 Å². The zero-order chi connectivity index (χ0) is 25.2. The van der Waals surface area contributed by atoms with Crippen molar-refractivity contribution in [2.75, 3.05) is 13.1 Å². The Morgan fingerprint density at radius 2 is 1.74 bits per heavy atom. The summed E-state index contributed by atoms with van der Waals surface area (Å²) in [7, 11) is -3.96. The van der Waals surface area contributed by atoms with Crippen LogP contribution in [0.15, 0.2) is 39.7 Å². The molecule has 35 heavy (non-hydrogen) atoms. The highest BCUT2D eigenvalue weighted by Crippen LogP contribution is 2.32. The van der Waals surface area contributed by atoms with Crippen LogP contribution < -0.4 is 9.46 Å². The first-order valence-electron chi connectivity index (χ1n) is 11.6. The molecule has 1 aliphatic heterocycles. The molecular formula is C24H27BrCl2N2O4S2. The molecule has 1 heterocycles. The van der Waals surface area contributed by atoms with Gasteiger partial charge in [-0.2, -0.15) is 0 Å². The van der Waals surface area contributed by atoms with E-state index >= 15 is 0 Å². The summed E-state index contributed by atoms with van der Waals surface area (Å²) in [4.78, 5) is 15.5. The lowest BCUT2D eigenvalue weighted by atomic mass is 9.84. The second-order valence-electron chi connectivity index (χ2n) is 9.15. The van der Waals surface area contributed by atoms with Gasteiger partial charge in [-0.1, -0.05) is 57.4 Å². The molecule has 1 aromatic rings. The van der Waals surface area contributed by atoms with Gasteiger partial charge in [0.15, 0.2) is 0 Å². The van der Waals surface area contributed by atoms with Crippen LogP contribution in [0.5, 0.6) is 5.75 Å². The van der Waals surface area contributed by atoms with Crippen LogP contribution in [0.25, 0.3) is 0 Å². The van der Waals surface area contributed by atoms with Crippen molar-refractivity contribution < 1.29 is 17.9 Å². The maximum atomic E-state index is 12.7. The Labute approximate surface area is 230 Å². The molecule has 4 rings (SSSR count). The summed E-state index contributed by atoms with van der Waals surface area (Å²) in [6, 6.07) is 5.72. The minimum absolute atomic E-state index is 0.00342. The number of piperidine rings is 1. The van der Waals surface area contributed by atoms with E-state index in [-0.39, 0.29) is 16.9 Å². The highest BCUT2D eigenvalue weighted by Gasteiger charge is 2.34. The number of ether oxygens (including phenoxy) is 1. The molecule has 1 amide bonds. The van der Waals surface area contributed by atoms with Crippen LogP contribution in [-0.2, 0) is 14.8 Å². The first-order valence-corrected chi connectivity index (χ1v) is 15.1. The van der Waals surface area contributed by atoms with Crippen LogP contribution in [-0.4, -0.2) is 49.3 Å². The fraction of sp³-hybridized carbons (Fsp3) is 0.500. The third-order valence-corrected chi connectivity index (χ3v) is 10.0. The van der Waals surface area contributed by atoms with E-state index in [1.165, 1.54) is 6.08 Å². The van der Waals surface area contributed by atoms with Gasteiger partial charge >= 0.3 is 0 Å². The Kier molecular flexibility index (Phi) is 8.98. The molecule has 6 nitrogen and oxygen atoms in total. The van der Waals surface area contributed by atoms with Crippen molar-refractivity contribution in [1.29, 1.82) is 0 Å². The van der Waals surface area contributed by atoms with Gasteiger partial charge in [0.05, 0.1) is 10.0 Å². The van der Waals surface area contributed by atoms with E-state index in [0.29, 0.717) is 40.2 Å². The minimum atomic E-state index is -3.96. The lowest BCUT2D eigenvalue weighted by Crippen LogP contribution is -2.47. The summed E-state index contributed by atoms with van der Waals surface area (Å²) in [5, 5.41) is 0.994. The molecule has 0 unspecified atom stereocenters. The van der Waals surface area contributed by atoms with E-state index < -0.39 is 15.9 Å². The molecule has 190 valence electrons. The van der Waals surface area contributed by atoms with E-state index in [9.17, 15) is 13.2 Å². The summed E-state index contributed by atoms with van der Waals surface area (Å²) in [6.45, 7) is 1.85. The first-order chi connectivity index (χ1) is 16.6. The maximum Gasteiger partial charge on any atom is 0.265 e. The Balaban J connectivity index is 1.23. The Bertz CT molecular complexity index is 1160. The molecule has 3 aliphatic rings. The smallest absolute Gasteiger partial charge is 0.265 e. The number of carbonyl (C=O) groups is 1. The standard InChI is InChI=1S/C24H27BrCl2N2O4S2/c25-16-3-8-23(22(34)13-16)35(31,32)28-24(30)15-1-4-17(5-2-15)29-11-9-18(10-12-29)33-19-6-7-20(26)21(27)14-19/h3,6-8,14-15,17-18H,1-2,4-5,9-13H2,(H,28,30)/t15-,17-. The topological polar surface area (TPSA) is 75.7 Å². The van der Waals surface area contributed by atoms with Gasteiger partial charge in [0.2, 0.25) is 5.91 Å². The van der Waals surface area contributed by atoms with Crippen LogP contribution in [0.3, 0.4) is 0 Å². The molecule has 2 aliphatic carbocycles. The highest BCUT2D eigenvalue weighted by atomic mass is 79.9. The molecule has 2 fully saturated rings. The van der Waals surface area contributed by atoms with Crippen molar-refractivity contribution in [3.05, 3.63) is 49.8 Å². The number of allylic oxidation sites excluding steroid dienone is 4. The zero-order valence-corrected chi connectivity index (χ0v) is 23.7. The predicted molar refractivity (Wildman–Crippen MR) is 147 cm³/mol.